The predicted octanol–water partition coefficient (Wildman–Crippen LogP) is 2.60. The van der Waals surface area contributed by atoms with Gasteiger partial charge >= 0.3 is 0 Å². The van der Waals surface area contributed by atoms with Crippen LogP contribution in [0, 0.1) is 5.92 Å². The fourth-order valence-electron chi connectivity index (χ4n) is 1.83. The summed E-state index contributed by atoms with van der Waals surface area (Å²) in [6, 6.07) is 0. The van der Waals surface area contributed by atoms with Crippen LogP contribution in [0.5, 0.6) is 0 Å². The number of ether oxygens (including phenoxy) is 1. The fourth-order valence-corrected chi connectivity index (χ4v) is 1.83. The lowest BCUT2D eigenvalue weighted by molar-refractivity contribution is 0.0500. The third-order valence-corrected chi connectivity index (χ3v) is 2.65. The lowest BCUT2D eigenvalue weighted by Crippen LogP contribution is -2.20. The van der Waals surface area contributed by atoms with Crippen LogP contribution in [0.2, 0.25) is 0 Å². The first-order valence-corrected chi connectivity index (χ1v) is 4.39. The summed E-state index contributed by atoms with van der Waals surface area (Å²) in [5.74, 6) is 0.943. The first-order chi connectivity index (χ1) is 4.86. The Hall–Kier alpha value is -0.0400. The van der Waals surface area contributed by atoms with Crippen molar-refractivity contribution in [1.82, 2.24) is 0 Å². The molecular weight excluding hydrogens is 124 g/mol. The Kier molecular flexibility index (Phi) is 3.20. The van der Waals surface area contributed by atoms with E-state index in [4.69, 9.17) is 4.74 Å². The highest BCUT2D eigenvalue weighted by Gasteiger charge is 2.19. The van der Waals surface area contributed by atoms with Crippen molar-refractivity contribution in [3.63, 3.8) is 0 Å². The summed E-state index contributed by atoms with van der Waals surface area (Å²) in [6.07, 6.45) is 7.28. The Morgan fingerprint density at radius 1 is 1.40 bits per heavy atom. The van der Waals surface area contributed by atoms with Crippen molar-refractivity contribution in [2.24, 2.45) is 5.92 Å². The zero-order chi connectivity index (χ0) is 7.40. The van der Waals surface area contributed by atoms with Crippen LogP contribution in [0.15, 0.2) is 0 Å². The van der Waals surface area contributed by atoms with Crippen LogP contribution < -0.4 is 0 Å². The Morgan fingerprint density at radius 3 is 2.80 bits per heavy atom. The summed E-state index contributed by atoms with van der Waals surface area (Å²) in [5.41, 5.74) is 0. The quantitative estimate of drug-likeness (QED) is 0.576. The van der Waals surface area contributed by atoms with Crippen LogP contribution in [-0.2, 0) is 4.74 Å². The van der Waals surface area contributed by atoms with Crippen molar-refractivity contribution < 1.29 is 4.74 Å². The molecule has 0 aliphatic heterocycles. The van der Waals surface area contributed by atoms with Gasteiger partial charge in [-0.05, 0) is 18.8 Å². The topological polar surface area (TPSA) is 9.23 Å². The first-order valence-electron chi connectivity index (χ1n) is 4.39. The molecule has 0 aromatic carbocycles. The number of rotatable bonds is 2. The molecular formula is C9H18O. The molecule has 0 saturated heterocycles. The zero-order valence-corrected chi connectivity index (χ0v) is 7.10. The minimum Gasteiger partial charge on any atom is -0.381 e. The highest BCUT2D eigenvalue weighted by Crippen LogP contribution is 2.27. The van der Waals surface area contributed by atoms with E-state index in [1.165, 1.54) is 32.1 Å². The summed E-state index contributed by atoms with van der Waals surface area (Å²) in [6.45, 7) is 2.28. The molecule has 0 spiro atoms. The Labute approximate surface area is 63.8 Å². The SMILES string of the molecule is CC[C@@H]1CCCC(OC)C1. The second-order valence-corrected chi connectivity index (χ2v) is 3.30. The van der Waals surface area contributed by atoms with Gasteiger partial charge in [-0.3, -0.25) is 0 Å². The zero-order valence-electron chi connectivity index (χ0n) is 7.10. The van der Waals surface area contributed by atoms with Crippen molar-refractivity contribution in [2.45, 2.75) is 45.1 Å². The van der Waals surface area contributed by atoms with E-state index in [0.29, 0.717) is 6.10 Å². The molecule has 0 aromatic heterocycles. The van der Waals surface area contributed by atoms with Gasteiger partial charge in [0.05, 0.1) is 6.10 Å². The maximum Gasteiger partial charge on any atom is 0.0574 e. The monoisotopic (exact) mass is 142 g/mol. The Bertz CT molecular complexity index is 80.7. The van der Waals surface area contributed by atoms with Crippen LogP contribution in [0.4, 0.5) is 0 Å². The molecule has 60 valence electrons. The molecule has 1 heteroatoms. The molecule has 0 aromatic rings. The van der Waals surface area contributed by atoms with Crippen molar-refractivity contribution in [2.75, 3.05) is 7.11 Å². The number of hydrogen-bond acceptors (Lipinski definition) is 1. The summed E-state index contributed by atoms with van der Waals surface area (Å²) in [5, 5.41) is 0. The molecule has 2 atom stereocenters. The minimum absolute atomic E-state index is 0.568. The predicted molar refractivity (Wildman–Crippen MR) is 43.0 cm³/mol. The van der Waals surface area contributed by atoms with Gasteiger partial charge in [-0.15, -0.1) is 0 Å². The maximum atomic E-state index is 5.32. The van der Waals surface area contributed by atoms with Crippen molar-refractivity contribution in [1.29, 1.82) is 0 Å². The van der Waals surface area contributed by atoms with Crippen LogP contribution in [0.25, 0.3) is 0 Å². The minimum atomic E-state index is 0.568. The summed E-state index contributed by atoms with van der Waals surface area (Å²) in [4.78, 5) is 0. The lowest BCUT2D eigenvalue weighted by atomic mass is 9.86. The van der Waals surface area contributed by atoms with Crippen molar-refractivity contribution >= 4 is 0 Å². The van der Waals surface area contributed by atoms with Gasteiger partial charge in [0, 0.05) is 7.11 Å². The molecule has 0 N–H and O–H groups in total. The van der Waals surface area contributed by atoms with Gasteiger partial charge in [0.1, 0.15) is 0 Å². The second-order valence-electron chi connectivity index (χ2n) is 3.30. The van der Waals surface area contributed by atoms with Gasteiger partial charge in [0.25, 0.3) is 0 Å². The number of hydrogen-bond donors (Lipinski definition) is 0. The molecule has 10 heavy (non-hydrogen) atoms. The molecule has 1 saturated carbocycles. The van der Waals surface area contributed by atoms with Crippen molar-refractivity contribution in [3.8, 4) is 0 Å². The molecule has 0 bridgehead atoms. The fraction of sp³-hybridized carbons (Fsp3) is 1.00. The normalized spacial score (nSPS) is 34.2. The molecule has 0 amide bonds. The van der Waals surface area contributed by atoms with Gasteiger partial charge in [-0.25, -0.2) is 0 Å². The highest BCUT2D eigenvalue weighted by atomic mass is 16.5. The van der Waals surface area contributed by atoms with E-state index in [2.05, 4.69) is 6.92 Å². The Balaban J connectivity index is 2.25. The Morgan fingerprint density at radius 2 is 2.20 bits per heavy atom. The molecule has 1 rings (SSSR count). The standard InChI is InChI=1S/C9H18O/c1-3-8-5-4-6-9(7-8)10-2/h8-9H,3-7H2,1-2H3/t8-,9?/m1/s1. The van der Waals surface area contributed by atoms with E-state index in [-0.39, 0.29) is 0 Å². The van der Waals surface area contributed by atoms with E-state index in [0.717, 1.165) is 5.92 Å². The van der Waals surface area contributed by atoms with Crippen molar-refractivity contribution in [3.05, 3.63) is 0 Å². The smallest absolute Gasteiger partial charge is 0.0574 e. The third-order valence-electron chi connectivity index (χ3n) is 2.65. The molecule has 1 nitrogen and oxygen atoms in total. The summed E-state index contributed by atoms with van der Waals surface area (Å²) >= 11 is 0. The van der Waals surface area contributed by atoms with E-state index in [1.807, 2.05) is 7.11 Å². The molecule has 1 fully saturated rings. The van der Waals surface area contributed by atoms with E-state index in [9.17, 15) is 0 Å². The highest BCUT2D eigenvalue weighted by molar-refractivity contribution is 4.71. The van der Waals surface area contributed by atoms with Crippen LogP contribution in [0.1, 0.15) is 39.0 Å². The molecule has 0 heterocycles. The van der Waals surface area contributed by atoms with E-state index >= 15 is 0 Å². The van der Waals surface area contributed by atoms with E-state index in [1.54, 1.807) is 0 Å². The summed E-state index contributed by atoms with van der Waals surface area (Å²) in [7, 11) is 1.84. The molecule has 1 aliphatic rings. The van der Waals surface area contributed by atoms with Crippen LogP contribution >= 0.6 is 0 Å². The molecule has 1 aliphatic carbocycles. The summed E-state index contributed by atoms with van der Waals surface area (Å²) < 4.78 is 5.32. The van der Waals surface area contributed by atoms with Gasteiger partial charge in [-0.1, -0.05) is 26.2 Å². The van der Waals surface area contributed by atoms with Gasteiger partial charge in [0.15, 0.2) is 0 Å². The van der Waals surface area contributed by atoms with Gasteiger partial charge < -0.3 is 4.74 Å². The average molecular weight is 142 g/mol. The van der Waals surface area contributed by atoms with Crippen LogP contribution in [-0.4, -0.2) is 13.2 Å². The van der Waals surface area contributed by atoms with E-state index < -0.39 is 0 Å². The second kappa shape index (κ2) is 3.97. The number of methoxy groups -OCH3 is 1. The molecule has 0 radical (unpaired) electrons. The maximum absolute atomic E-state index is 5.32. The lowest BCUT2D eigenvalue weighted by Gasteiger charge is -2.27. The molecule has 1 unspecified atom stereocenters. The third kappa shape index (κ3) is 1.98. The van der Waals surface area contributed by atoms with Crippen LogP contribution in [0.3, 0.4) is 0 Å². The first kappa shape index (κ1) is 8.06. The average Bonchev–Trinajstić information content (AvgIpc) is 2.05. The largest absolute Gasteiger partial charge is 0.381 e. The van der Waals surface area contributed by atoms with Gasteiger partial charge in [-0.2, -0.15) is 0 Å². The van der Waals surface area contributed by atoms with Gasteiger partial charge in [0.2, 0.25) is 0 Å².